The maximum atomic E-state index is 11.7. The highest BCUT2D eigenvalue weighted by Gasteiger charge is 2.56. The maximum Gasteiger partial charge on any atom is 0.300 e. The fourth-order valence-corrected chi connectivity index (χ4v) is 5.81. The molecule has 0 saturated carbocycles. The Morgan fingerprint density at radius 3 is 1.53 bits per heavy atom. The second-order valence-corrected chi connectivity index (χ2v) is 14.1. The molecule has 2 N–H and O–H groups in total. The number of hydrogen-bond donors (Lipinski definition) is 2. The van der Waals surface area contributed by atoms with Crippen molar-refractivity contribution < 1.29 is 14.6 Å². The number of nitrogens with one attached hydrogen (secondary N) is 1. The molecule has 3 aromatic carbocycles. The SMILES string of the molecule is C[Si](C)(C)[C@@H](Nc1ccccc1)C1(O)O[C@H](c2ccccc2)[C@@H](c2ccccc2)O1. The van der Waals surface area contributed by atoms with Crippen LogP contribution in [0.1, 0.15) is 23.3 Å². The minimum atomic E-state index is -1.98. The second-order valence-electron chi connectivity index (χ2n) is 8.84. The van der Waals surface area contributed by atoms with Gasteiger partial charge in [0, 0.05) is 5.69 Å². The first-order chi connectivity index (χ1) is 14.4. The molecule has 4 rings (SSSR count). The van der Waals surface area contributed by atoms with Crippen molar-refractivity contribution in [3.63, 3.8) is 0 Å². The molecule has 0 spiro atoms. The van der Waals surface area contributed by atoms with Crippen molar-refractivity contribution in [2.75, 3.05) is 5.32 Å². The van der Waals surface area contributed by atoms with Gasteiger partial charge in [0.1, 0.15) is 12.2 Å². The molecule has 0 radical (unpaired) electrons. The van der Waals surface area contributed by atoms with E-state index in [-0.39, 0.29) is 5.67 Å². The van der Waals surface area contributed by atoms with Gasteiger partial charge in [0.25, 0.3) is 5.97 Å². The van der Waals surface area contributed by atoms with Gasteiger partial charge in [0.2, 0.25) is 0 Å². The molecule has 0 unspecified atom stereocenters. The van der Waals surface area contributed by atoms with Crippen LogP contribution in [0.4, 0.5) is 5.69 Å². The van der Waals surface area contributed by atoms with E-state index < -0.39 is 26.3 Å². The molecule has 0 aromatic heterocycles. The van der Waals surface area contributed by atoms with Crippen LogP contribution in [0.3, 0.4) is 0 Å². The van der Waals surface area contributed by atoms with E-state index in [1.807, 2.05) is 91.0 Å². The van der Waals surface area contributed by atoms with Gasteiger partial charge in [-0.2, -0.15) is 0 Å². The molecule has 0 bridgehead atoms. The van der Waals surface area contributed by atoms with Crippen molar-refractivity contribution in [1.82, 2.24) is 0 Å². The molecule has 3 aromatic rings. The summed E-state index contributed by atoms with van der Waals surface area (Å²) in [5, 5.41) is 15.2. The summed E-state index contributed by atoms with van der Waals surface area (Å²) in [5.74, 6) is -1.75. The number of hydrogen-bond acceptors (Lipinski definition) is 4. The third kappa shape index (κ3) is 4.35. The van der Waals surface area contributed by atoms with Crippen LogP contribution in [0.25, 0.3) is 0 Å². The van der Waals surface area contributed by atoms with Crippen molar-refractivity contribution in [1.29, 1.82) is 0 Å². The van der Waals surface area contributed by atoms with Gasteiger partial charge in [-0.3, -0.25) is 0 Å². The predicted molar refractivity (Wildman–Crippen MR) is 123 cm³/mol. The lowest BCUT2D eigenvalue weighted by molar-refractivity contribution is -0.316. The number of aliphatic hydroxyl groups is 1. The molecule has 0 amide bonds. The second kappa shape index (κ2) is 8.36. The van der Waals surface area contributed by atoms with Gasteiger partial charge in [-0.1, -0.05) is 98.5 Å². The van der Waals surface area contributed by atoms with Crippen LogP contribution in [0, 0.1) is 0 Å². The molecule has 3 atom stereocenters. The van der Waals surface area contributed by atoms with Crippen LogP contribution in [-0.2, 0) is 9.47 Å². The van der Waals surface area contributed by atoms with E-state index in [2.05, 4.69) is 25.0 Å². The topological polar surface area (TPSA) is 50.7 Å². The standard InChI is InChI=1S/C25H29NO3Si/c1-30(2,3)24(26-21-17-11-6-12-18-21)25(27)28-22(19-13-7-4-8-14-19)23(29-25)20-15-9-5-10-16-20/h4-18,22-24,26-27H,1-3H3/t22-,23-,24-/m1/s1. The van der Waals surface area contributed by atoms with Crippen LogP contribution >= 0.6 is 0 Å². The largest absolute Gasteiger partial charge is 0.377 e. The molecule has 30 heavy (non-hydrogen) atoms. The number of rotatable bonds is 6. The van der Waals surface area contributed by atoms with E-state index >= 15 is 0 Å². The zero-order valence-electron chi connectivity index (χ0n) is 17.7. The average molecular weight is 420 g/mol. The first-order valence-electron chi connectivity index (χ1n) is 10.4. The predicted octanol–water partition coefficient (Wildman–Crippen LogP) is 5.52. The Morgan fingerprint density at radius 1 is 0.733 bits per heavy atom. The first kappa shape index (κ1) is 20.8. The molecular formula is C25H29NO3Si. The Hall–Kier alpha value is -2.44. The average Bonchev–Trinajstić information content (AvgIpc) is 3.12. The zero-order valence-corrected chi connectivity index (χ0v) is 18.7. The number of benzene rings is 3. The molecule has 1 fully saturated rings. The summed E-state index contributed by atoms with van der Waals surface area (Å²) < 4.78 is 12.7. The van der Waals surface area contributed by atoms with E-state index in [1.165, 1.54) is 0 Å². The quantitative estimate of drug-likeness (QED) is 0.517. The number of para-hydroxylation sites is 1. The third-order valence-corrected chi connectivity index (χ3v) is 7.68. The summed E-state index contributed by atoms with van der Waals surface area (Å²) in [6, 6.07) is 29.9. The van der Waals surface area contributed by atoms with Gasteiger partial charge in [-0.15, -0.1) is 0 Å². The molecule has 5 heteroatoms. The van der Waals surface area contributed by atoms with Crippen molar-refractivity contribution in [3.05, 3.63) is 102 Å². The molecule has 1 heterocycles. The van der Waals surface area contributed by atoms with E-state index in [0.717, 1.165) is 16.8 Å². The summed E-state index contributed by atoms with van der Waals surface area (Å²) in [4.78, 5) is 0. The van der Waals surface area contributed by atoms with Crippen LogP contribution in [0.2, 0.25) is 19.6 Å². The monoisotopic (exact) mass is 419 g/mol. The summed E-state index contributed by atoms with van der Waals surface area (Å²) in [7, 11) is -1.98. The molecule has 4 nitrogen and oxygen atoms in total. The van der Waals surface area contributed by atoms with Crippen LogP contribution < -0.4 is 5.32 Å². The maximum absolute atomic E-state index is 11.7. The lowest BCUT2D eigenvalue weighted by Crippen LogP contribution is -2.60. The molecule has 1 aliphatic heterocycles. The van der Waals surface area contributed by atoms with Crippen molar-refractivity contribution >= 4 is 13.8 Å². The summed E-state index contributed by atoms with van der Waals surface area (Å²) in [6.07, 6.45) is -0.815. The lowest BCUT2D eigenvalue weighted by Gasteiger charge is -2.39. The highest BCUT2D eigenvalue weighted by molar-refractivity contribution is 6.78. The highest BCUT2D eigenvalue weighted by atomic mass is 28.3. The summed E-state index contributed by atoms with van der Waals surface area (Å²) in [5.41, 5.74) is 2.53. The van der Waals surface area contributed by atoms with E-state index in [1.54, 1.807) is 0 Å². The van der Waals surface area contributed by atoms with Gasteiger partial charge in [-0.05, 0) is 23.3 Å². The fourth-order valence-electron chi connectivity index (χ4n) is 3.98. The number of ether oxygens (including phenoxy) is 2. The van der Waals surface area contributed by atoms with Gasteiger partial charge < -0.3 is 19.9 Å². The summed E-state index contributed by atoms with van der Waals surface area (Å²) >= 11 is 0. The Bertz CT molecular complexity index is 897. The number of anilines is 1. The van der Waals surface area contributed by atoms with Gasteiger partial charge >= 0.3 is 0 Å². The third-order valence-electron chi connectivity index (χ3n) is 5.44. The van der Waals surface area contributed by atoms with Crippen LogP contribution in [-0.4, -0.2) is 24.8 Å². The Labute approximate surface area is 179 Å². The Morgan fingerprint density at radius 2 is 1.13 bits per heavy atom. The Kier molecular flexibility index (Phi) is 5.80. The smallest absolute Gasteiger partial charge is 0.300 e. The van der Waals surface area contributed by atoms with Crippen molar-refractivity contribution in [2.24, 2.45) is 0 Å². The molecule has 156 valence electrons. The van der Waals surface area contributed by atoms with Gasteiger partial charge in [0.15, 0.2) is 0 Å². The molecule has 1 saturated heterocycles. The first-order valence-corrected chi connectivity index (χ1v) is 13.9. The summed E-state index contributed by atoms with van der Waals surface area (Å²) in [6.45, 7) is 6.60. The van der Waals surface area contributed by atoms with Crippen molar-refractivity contribution in [3.8, 4) is 0 Å². The minimum Gasteiger partial charge on any atom is -0.377 e. The van der Waals surface area contributed by atoms with E-state index in [9.17, 15) is 5.11 Å². The fraction of sp³-hybridized carbons (Fsp3) is 0.280. The molecule has 0 aliphatic carbocycles. The Balaban J connectivity index is 1.72. The van der Waals surface area contributed by atoms with Crippen molar-refractivity contribution in [2.45, 2.75) is 43.5 Å². The van der Waals surface area contributed by atoms with Gasteiger partial charge in [-0.25, -0.2) is 0 Å². The zero-order chi connectivity index (χ0) is 21.2. The van der Waals surface area contributed by atoms with Crippen LogP contribution in [0.5, 0.6) is 0 Å². The minimum absolute atomic E-state index is 0.368. The lowest BCUT2D eigenvalue weighted by atomic mass is 9.99. The van der Waals surface area contributed by atoms with E-state index in [4.69, 9.17) is 9.47 Å². The normalized spacial score (nSPS) is 21.9. The van der Waals surface area contributed by atoms with Gasteiger partial charge in [0.05, 0.1) is 13.7 Å². The molecular weight excluding hydrogens is 390 g/mol. The highest BCUT2D eigenvalue weighted by Crippen LogP contribution is 2.48. The van der Waals surface area contributed by atoms with E-state index in [0.29, 0.717) is 0 Å². The molecule has 1 aliphatic rings. The van der Waals surface area contributed by atoms with Crippen LogP contribution in [0.15, 0.2) is 91.0 Å².